The Balaban J connectivity index is 1.69. The number of fused-ring (bicyclic) bond motifs is 1. The Kier molecular flexibility index (Phi) is 7.19. The number of piperidine rings is 1. The first-order valence-corrected chi connectivity index (χ1v) is 13.3. The summed E-state index contributed by atoms with van der Waals surface area (Å²) in [7, 11) is -4.29. The second kappa shape index (κ2) is 10.2. The molecule has 1 saturated heterocycles. The maximum Gasteiger partial charge on any atom is 0.416 e. The highest BCUT2D eigenvalue weighted by molar-refractivity contribution is 7.89. The van der Waals surface area contributed by atoms with Crippen LogP contribution in [0.25, 0.3) is 10.9 Å². The molecule has 190 valence electrons. The molecule has 1 aliphatic heterocycles. The number of carbonyl (C=O) groups is 2. The highest BCUT2D eigenvalue weighted by Gasteiger charge is 2.34. The maximum absolute atomic E-state index is 13.7. The lowest BCUT2D eigenvalue weighted by Crippen LogP contribution is -2.51. The van der Waals surface area contributed by atoms with Gasteiger partial charge in [-0.25, -0.2) is 17.8 Å². The Morgan fingerprint density at radius 1 is 1.19 bits per heavy atom. The number of nitrogens with one attached hydrogen (secondary N) is 1. The van der Waals surface area contributed by atoms with Crippen LogP contribution in [0.15, 0.2) is 47.5 Å². The molecular weight excluding hydrogens is 482 g/mol. The van der Waals surface area contributed by atoms with Crippen LogP contribution in [0, 0.1) is 24.2 Å². The maximum atomic E-state index is 13.7. The Morgan fingerprint density at radius 3 is 2.56 bits per heavy atom. The number of hydrogen-bond acceptors (Lipinski definition) is 5. The van der Waals surface area contributed by atoms with Gasteiger partial charge in [0, 0.05) is 36.9 Å². The minimum Gasteiger partial charge on any atom is -0.464 e. The smallest absolute Gasteiger partial charge is 0.416 e. The summed E-state index contributed by atoms with van der Waals surface area (Å²) in [5.41, 5.74) is 0.712. The van der Waals surface area contributed by atoms with Crippen LogP contribution >= 0.6 is 0 Å². The fraction of sp³-hybridized carbons (Fsp3) is 0.400. The summed E-state index contributed by atoms with van der Waals surface area (Å²) in [4.78, 5) is 26.9. The van der Waals surface area contributed by atoms with E-state index in [1.54, 1.807) is 52.1 Å². The van der Waals surface area contributed by atoms with E-state index in [0.717, 1.165) is 17.4 Å². The number of benzene rings is 1. The van der Waals surface area contributed by atoms with Gasteiger partial charge >= 0.3 is 6.09 Å². The van der Waals surface area contributed by atoms with Gasteiger partial charge in [0.15, 0.2) is 0 Å². The number of aromatic nitrogens is 2. The zero-order valence-electron chi connectivity index (χ0n) is 20.2. The van der Waals surface area contributed by atoms with Gasteiger partial charge < -0.3 is 14.6 Å². The molecule has 10 nitrogen and oxygen atoms in total. The average Bonchev–Trinajstić information content (AvgIpc) is 3.42. The number of likely N-dealkylation sites (tertiary alicyclic amines) is 1. The van der Waals surface area contributed by atoms with Crippen molar-refractivity contribution >= 4 is 32.9 Å². The van der Waals surface area contributed by atoms with E-state index in [4.69, 9.17) is 0 Å². The SMILES string of the molecule is Cc1c(S(=O)(=O)NC(CCn2cccc2C#N)C(=O)N2CCC(C)CC2)c2ccccc2n1C(=O)O. The van der Waals surface area contributed by atoms with Gasteiger partial charge in [-0.15, -0.1) is 0 Å². The van der Waals surface area contributed by atoms with E-state index in [1.807, 2.05) is 0 Å². The number of aryl methyl sites for hydroxylation is 1. The van der Waals surface area contributed by atoms with Crippen LogP contribution in [0.5, 0.6) is 0 Å². The normalized spacial score (nSPS) is 15.6. The van der Waals surface area contributed by atoms with E-state index in [1.165, 1.54) is 6.92 Å². The van der Waals surface area contributed by atoms with Crippen molar-refractivity contribution in [1.29, 1.82) is 5.26 Å². The summed E-state index contributed by atoms with van der Waals surface area (Å²) >= 11 is 0. The molecule has 1 aromatic carbocycles. The van der Waals surface area contributed by atoms with E-state index >= 15 is 0 Å². The first-order valence-electron chi connectivity index (χ1n) is 11.8. The number of amides is 1. The third-order valence-electron chi connectivity index (χ3n) is 6.81. The molecule has 3 aromatic rings. The fourth-order valence-electron chi connectivity index (χ4n) is 4.83. The Morgan fingerprint density at radius 2 is 1.89 bits per heavy atom. The standard InChI is InChI=1S/C25H29N5O5S/c1-17-9-13-29(14-10-17)24(31)21(11-15-28-12-5-6-19(28)16-26)27-36(34,35)23-18(2)30(25(32)33)22-8-4-3-7-20(22)23/h3-8,12,17,21,27H,9-11,13-15H2,1-2H3,(H,32,33). The molecule has 36 heavy (non-hydrogen) atoms. The molecule has 0 bridgehead atoms. The molecule has 2 aromatic heterocycles. The summed E-state index contributed by atoms with van der Waals surface area (Å²) in [6.07, 6.45) is 2.22. The molecule has 1 atom stereocenters. The van der Waals surface area contributed by atoms with E-state index in [2.05, 4.69) is 17.7 Å². The monoisotopic (exact) mass is 511 g/mol. The largest absolute Gasteiger partial charge is 0.464 e. The van der Waals surface area contributed by atoms with Crippen LogP contribution < -0.4 is 4.72 Å². The predicted molar refractivity (Wildman–Crippen MR) is 133 cm³/mol. The van der Waals surface area contributed by atoms with Gasteiger partial charge in [-0.1, -0.05) is 25.1 Å². The number of nitrogens with zero attached hydrogens (tertiary/aromatic N) is 4. The highest BCUT2D eigenvalue weighted by atomic mass is 32.2. The van der Waals surface area contributed by atoms with Gasteiger partial charge in [0.05, 0.1) is 5.52 Å². The van der Waals surface area contributed by atoms with Crippen molar-refractivity contribution in [2.75, 3.05) is 13.1 Å². The van der Waals surface area contributed by atoms with Crippen molar-refractivity contribution in [3.05, 3.63) is 54.0 Å². The van der Waals surface area contributed by atoms with Gasteiger partial charge in [0.1, 0.15) is 22.7 Å². The molecule has 0 radical (unpaired) electrons. The Labute approximate surface area is 209 Å². The Bertz CT molecular complexity index is 1440. The van der Waals surface area contributed by atoms with Crippen molar-refractivity contribution in [2.45, 2.75) is 50.6 Å². The van der Waals surface area contributed by atoms with E-state index < -0.39 is 22.2 Å². The summed E-state index contributed by atoms with van der Waals surface area (Å²) in [6.45, 7) is 4.91. The van der Waals surface area contributed by atoms with E-state index in [-0.39, 0.29) is 40.4 Å². The van der Waals surface area contributed by atoms with Gasteiger partial charge in [0.25, 0.3) is 0 Å². The first kappa shape index (κ1) is 25.5. The van der Waals surface area contributed by atoms with Crippen molar-refractivity contribution in [2.24, 2.45) is 5.92 Å². The van der Waals surface area contributed by atoms with Crippen LogP contribution in [0.4, 0.5) is 4.79 Å². The minimum atomic E-state index is -4.29. The molecule has 0 saturated carbocycles. The third-order valence-corrected chi connectivity index (χ3v) is 8.45. The predicted octanol–water partition coefficient (Wildman–Crippen LogP) is 3.14. The molecule has 11 heteroatoms. The summed E-state index contributed by atoms with van der Waals surface area (Å²) in [5.74, 6) is 0.169. The number of hydrogen-bond donors (Lipinski definition) is 2. The zero-order valence-corrected chi connectivity index (χ0v) is 21.0. The van der Waals surface area contributed by atoms with Gasteiger partial charge in [-0.3, -0.25) is 4.79 Å². The molecule has 0 spiro atoms. The lowest BCUT2D eigenvalue weighted by atomic mass is 9.98. The van der Waals surface area contributed by atoms with E-state index in [9.17, 15) is 28.4 Å². The number of carbonyl (C=O) groups excluding carboxylic acids is 1. The quantitative estimate of drug-likeness (QED) is 0.500. The number of rotatable bonds is 7. The van der Waals surface area contributed by atoms with Gasteiger partial charge in [0.2, 0.25) is 15.9 Å². The number of carboxylic acid groups (broad SMARTS) is 1. The zero-order chi connectivity index (χ0) is 26.0. The molecule has 1 fully saturated rings. The van der Waals surface area contributed by atoms with E-state index in [0.29, 0.717) is 24.7 Å². The second-order valence-electron chi connectivity index (χ2n) is 9.22. The number of sulfonamides is 1. The molecule has 1 aliphatic rings. The van der Waals surface area contributed by atoms with Gasteiger partial charge in [-0.05, 0) is 50.3 Å². The molecule has 1 amide bonds. The molecular formula is C25H29N5O5S. The molecule has 4 rings (SSSR count). The summed E-state index contributed by atoms with van der Waals surface area (Å²) in [6, 6.07) is 10.7. The van der Waals surface area contributed by atoms with Gasteiger partial charge in [-0.2, -0.15) is 9.98 Å². The minimum absolute atomic E-state index is 0.0476. The third kappa shape index (κ3) is 4.87. The average molecular weight is 512 g/mol. The highest BCUT2D eigenvalue weighted by Crippen LogP contribution is 2.30. The summed E-state index contributed by atoms with van der Waals surface area (Å²) < 4.78 is 32.6. The topological polar surface area (TPSA) is 137 Å². The van der Waals surface area contributed by atoms with Crippen LogP contribution in [0.3, 0.4) is 0 Å². The van der Waals surface area contributed by atoms with Crippen molar-refractivity contribution < 1.29 is 23.1 Å². The molecule has 3 heterocycles. The number of nitriles is 1. The van der Waals surface area contributed by atoms with Crippen LogP contribution in [-0.4, -0.2) is 58.7 Å². The van der Waals surface area contributed by atoms with Crippen molar-refractivity contribution in [1.82, 2.24) is 18.8 Å². The van der Waals surface area contributed by atoms with Crippen molar-refractivity contribution in [3.63, 3.8) is 0 Å². The van der Waals surface area contributed by atoms with Crippen LogP contribution in [0.1, 0.15) is 37.6 Å². The summed E-state index contributed by atoms with van der Waals surface area (Å²) in [5, 5.41) is 19.3. The molecule has 1 unspecified atom stereocenters. The van der Waals surface area contributed by atoms with Crippen LogP contribution in [-0.2, 0) is 21.4 Å². The molecule has 0 aliphatic carbocycles. The number of para-hydroxylation sites is 1. The lowest BCUT2D eigenvalue weighted by molar-refractivity contribution is -0.134. The Hall–Kier alpha value is -3.62. The first-order chi connectivity index (χ1) is 17.1. The van der Waals surface area contributed by atoms with Crippen molar-refractivity contribution in [3.8, 4) is 6.07 Å². The fourth-order valence-corrected chi connectivity index (χ4v) is 6.48. The lowest BCUT2D eigenvalue weighted by Gasteiger charge is -2.33. The molecule has 2 N–H and O–H groups in total. The second-order valence-corrected chi connectivity index (χ2v) is 10.9. The van der Waals surface area contributed by atoms with Crippen LogP contribution in [0.2, 0.25) is 0 Å².